The second-order valence-corrected chi connectivity index (χ2v) is 4.80. The van der Waals surface area contributed by atoms with E-state index in [1.54, 1.807) is 0 Å². The summed E-state index contributed by atoms with van der Waals surface area (Å²) in [6.45, 7) is 2.84. The molecule has 0 unspecified atom stereocenters. The summed E-state index contributed by atoms with van der Waals surface area (Å²) in [6.07, 6.45) is 6.73. The Labute approximate surface area is 97.8 Å². The fourth-order valence-corrected chi connectivity index (χ4v) is 2.34. The number of benzene rings is 1. The zero-order valence-electron chi connectivity index (χ0n) is 10.0. The van der Waals surface area contributed by atoms with Crippen LogP contribution in [0, 0.1) is 12.8 Å². The Kier molecular flexibility index (Phi) is 3.70. The number of ether oxygens (including phenoxy) is 1. The quantitative estimate of drug-likeness (QED) is 0.789. The topological polar surface area (TPSA) is 35.2 Å². The first-order valence-electron chi connectivity index (χ1n) is 6.25. The molecule has 16 heavy (non-hydrogen) atoms. The Hall–Kier alpha value is -1.18. The third-order valence-electron chi connectivity index (χ3n) is 3.48. The fourth-order valence-electron chi connectivity index (χ4n) is 2.34. The maximum absolute atomic E-state index is 5.97. The van der Waals surface area contributed by atoms with E-state index >= 15 is 0 Å². The molecule has 1 aliphatic rings. The molecule has 2 rings (SSSR count). The monoisotopic (exact) mass is 219 g/mol. The molecule has 2 N–H and O–H groups in total. The summed E-state index contributed by atoms with van der Waals surface area (Å²) in [4.78, 5) is 0. The van der Waals surface area contributed by atoms with Crippen LogP contribution in [0.2, 0.25) is 0 Å². The largest absolute Gasteiger partial charge is 0.491 e. The lowest BCUT2D eigenvalue weighted by atomic mass is 9.90. The molecular weight excluding hydrogens is 198 g/mol. The highest BCUT2D eigenvalue weighted by molar-refractivity contribution is 5.57. The van der Waals surface area contributed by atoms with Crippen LogP contribution >= 0.6 is 0 Å². The number of nitrogens with two attached hydrogens (primary N) is 1. The van der Waals surface area contributed by atoms with Gasteiger partial charge in [-0.2, -0.15) is 0 Å². The number of para-hydroxylation sites is 1. The lowest BCUT2D eigenvalue weighted by Gasteiger charge is -2.22. The second kappa shape index (κ2) is 5.24. The maximum atomic E-state index is 5.97. The fraction of sp³-hybridized carbons (Fsp3) is 0.571. The van der Waals surface area contributed by atoms with Crippen LogP contribution in [0.5, 0.6) is 5.75 Å². The molecule has 0 radical (unpaired) electrons. The van der Waals surface area contributed by atoms with Crippen LogP contribution in [0.25, 0.3) is 0 Å². The standard InChI is InChI=1S/C14H21NO/c1-11-6-5-9-13(14(11)15)16-10-12-7-3-2-4-8-12/h5-6,9,12H,2-4,7-8,10,15H2,1H3. The molecule has 0 amide bonds. The first-order chi connectivity index (χ1) is 7.77. The van der Waals surface area contributed by atoms with E-state index in [2.05, 4.69) is 0 Å². The van der Waals surface area contributed by atoms with Crippen LogP contribution in [0.1, 0.15) is 37.7 Å². The average molecular weight is 219 g/mol. The highest BCUT2D eigenvalue weighted by Gasteiger charge is 2.14. The van der Waals surface area contributed by atoms with E-state index < -0.39 is 0 Å². The highest BCUT2D eigenvalue weighted by Crippen LogP contribution is 2.28. The van der Waals surface area contributed by atoms with Crippen molar-refractivity contribution in [2.45, 2.75) is 39.0 Å². The van der Waals surface area contributed by atoms with Gasteiger partial charge in [0.25, 0.3) is 0 Å². The highest BCUT2D eigenvalue weighted by atomic mass is 16.5. The van der Waals surface area contributed by atoms with Gasteiger partial charge in [-0.05, 0) is 37.3 Å². The van der Waals surface area contributed by atoms with Gasteiger partial charge in [0, 0.05) is 0 Å². The molecule has 2 nitrogen and oxygen atoms in total. The summed E-state index contributed by atoms with van der Waals surface area (Å²) in [5, 5.41) is 0. The molecule has 0 bridgehead atoms. The van der Waals surface area contributed by atoms with Crippen molar-refractivity contribution >= 4 is 5.69 Å². The maximum Gasteiger partial charge on any atom is 0.142 e. The van der Waals surface area contributed by atoms with Crippen molar-refractivity contribution in [3.05, 3.63) is 23.8 Å². The van der Waals surface area contributed by atoms with Crippen molar-refractivity contribution in [1.29, 1.82) is 0 Å². The molecule has 0 aromatic heterocycles. The van der Waals surface area contributed by atoms with Gasteiger partial charge in [-0.1, -0.05) is 31.4 Å². The molecule has 1 aromatic rings. The van der Waals surface area contributed by atoms with Crippen LogP contribution in [0.15, 0.2) is 18.2 Å². The predicted octanol–water partition coefficient (Wildman–Crippen LogP) is 3.54. The number of hydrogen-bond donors (Lipinski definition) is 1. The summed E-state index contributed by atoms with van der Waals surface area (Å²) in [6, 6.07) is 5.98. The van der Waals surface area contributed by atoms with E-state index in [4.69, 9.17) is 10.5 Å². The summed E-state index contributed by atoms with van der Waals surface area (Å²) in [5.74, 6) is 1.58. The normalized spacial score (nSPS) is 17.3. The third kappa shape index (κ3) is 2.69. The summed E-state index contributed by atoms with van der Waals surface area (Å²) >= 11 is 0. The van der Waals surface area contributed by atoms with Gasteiger partial charge < -0.3 is 10.5 Å². The Balaban J connectivity index is 1.91. The first kappa shape index (κ1) is 11.3. The van der Waals surface area contributed by atoms with Gasteiger partial charge in [-0.15, -0.1) is 0 Å². The minimum absolute atomic E-state index is 0.730. The first-order valence-corrected chi connectivity index (χ1v) is 6.25. The van der Waals surface area contributed by atoms with Crippen LogP contribution in [0.3, 0.4) is 0 Å². The molecule has 0 saturated heterocycles. The molecule has 0 spiro atoms. The smallest absolute Gasteiger partial charge is 0.142 e. The van der Waals surface area contributed by atoms with Crippen molar-refractivity contribution in [2.24, 2.45) is 5.92 Å². The Morgan fingerprint density at radius 2 is 2.00 bits per heavy atom. The molecule has 1 saturated carbocycles. The second-order valence-electron chi connectivity index (χ2n) is 4.80. The molecule has 1 fully saturated rings. The van der Waals surface area contributed by atoms with Gasteiger partial charge >= 0.3 is 0 Å². The van der Waals surface area contributed by atoms with Gasteiger partial charge in [0.2, 0.25) is 0 Å². The van der Waals surface area contributed by atoms with Gasteiger partial charge in [-0.3, -0.25) is 0 Å². The van der Waals surface area contributed by atoms with E-state index in [1.165, 1.54) is 32.1 Å². The number of aryl methyl sites for hydroxylation is 1. The van der Waals surface area contributed by atoms with Crippen molar-refractivity contribution in [3.63, 3.8) is 0 Å². The molecule has 0 heterocycles. The number of hydrogen-bond acceptors (Lipinski definition) is 2. The zero-order valence-corrected chi connectivity index (χ0v) is 10.0. The van der Waals surface area contributed by atoms with Crippen LogP contribution < -0.4 is 10.5 Å². The number of anilines is 1. The summed E-state index contributed by atoms with van der Waals surface area (Å²) < 4.78 is 5.83. The Morgan fingerprint density at radius 3 is 2.75 bits per heavy atom. The van der Waals surface area contributed by atoms with Crippen molar-refractivity contribution in [3.8, 4) is 5.75 Å². The van der Waals surface area contributed by atoms with E-state index in [-0.39, 0.29) is 0 Å². The lowest BCUT2D eigenvalue weighted by molar-refractivity contribution is 0.209. The van der Waals surface area contributed by atoms with Crippen molar-refractivity contribution < 1.29 is 4.74 Å². The SMILES string of the molecule is Cc1cccc(OCC2CCCCC2)c1N. The molecule has 0 aliphatic heterocycles. The lowest BCUT2D eigenvalue weighted by Crippen LogP contribution is -2.15. The minimum Gasteiger partial charge on any atom is -0.491 e. The molecule has 1 aromatic carbocycles. The van der Waals surface area contributed by atoms with Gasteiger partial charge in [0.15, 0.2) is 0 Å². The van der Waals surface area contributed by atoms with Crippen molar-refractivity contribution in [2.75, 3.05) is 12.3 Å². The van der Waals surface area contributed by atoms with Crippen LogP contribution in [0.4, 0.5) is 5.69 Å². The van der Waals surface area contributed by atoms with E-state index in [1.807, 2.05) is 25.1 Å². The Morgan fingerprint density at radius 1 is 1.25 bits per heavy atom. The summed E-state index contributed by atoms with van der Waals surface area (Å²) in [5.41, 5.74) is 7.86. The molecular formula is C14H21NO. The Bertz CT molecular complexity index is 343. The average Bonchev–Trinajstić information content (AvgIpc) is 2.32. The van der Waals surface area contributed by atoms with Gasteiger partial charge in [-0.25, -0.2) is 0 Å². The zero-order chi connectivity index (χ0) is 11.4. The number of rotatable bonds is 3. The van der Waals surface area contributed by atoms with Gasteiger partial charge in [0.05, 0.1) is 12.3 Å². The van der Waals surface area contributed by atoms with Gasteiger partial charge in [0.1, 0.15) is 5.75 Å². The van der Waals surface area contributed by atoms with Crippen LogP contribution in [-0.4, -0.2) is 6.61 Å². The number of nitrogen functional groups attached to an aromatic ring is 1. The van der Waals surface area contributed by atoms with Crippen LogP contribution in [-0.2, 0) is 0 Å². The third-order valence-corrected chi connectivity index (χ3v) is 3.48. The molecule has 1 aliphatic carbocycles. The van der Waals surface area contributed by atoms with E-state index in [9.17, 15) is 0 Å². The molecule has 2 heteroatoms. The van der Waals surface area contributed by atoms with E-state index in [0.29, 0.717) is 0 Å². The predicted molar refractivity (Wildman–Crippen MR) is 67.7 cm³/mol. The van der Waals surface area contributed by atoms with E-state index in [0.717, 1.165) is 29.5 Å². The molecule has 88 valence electrons. The van der Waals surface area contributed by atoms with Crippen molar-refractivity contribution in [1.82, 2.24) is 0 Å². The molecule has 0 atom stereocenters. The summed E-state index contributed by atoms with van der Waals surface area (Å²) in [7, 11) is 0. The minimum atomic E-state index is 0.730.